The van der Waals surface area contributed by atoms with Crippen molar-refractivity contribution in [2.45, 2.75) is 160 Å². The lowest BCUT2D eigenvalue weighted by molar-refractivity contribution is -0.125. The van der Waals surface area contributed by atoms with E-state index in [4.69, 9.17) is 23.1 Å². The summed E-state index contributed by atoms with van der Waals surface area (Å²) in [6.45, 7) is 14.8. The normalized spacial score (nSPS) is 26.3. The first-order valence-corrected chi connectivity index (χ1v) is 19.5. The molecule has 47 heavy (non-hydrogen) atoms. The van der Waals surface area contributed by atoms with E-state index in [2.05, 4.69) is 53.5 Å². The summed E-state index contributed by atoms with van der Waals surface area (Å²) < 4.78 is 15.5. The SMILES string of the molecule is CCCCC(CCC)(CCCC)CCC(F)C=NC(C)C(C(=O)NC1=C(N2CCNCC2)C2(Cl)CCCCC(CC)C1NC2)C(N)N. The number of amides is 1. The van der Waals surface area contributed by atoms with Crippen molar-refractivity contribution in [1.29, 1.82) is 0 Å². The van der Waals surface area contributed by atoms with E-state index in [1.807, 2.05) is 6.92 Å². The van der Waals surface area contributed by atoms with Crippen LogP contribution in [0.4, 0.5) is 4.39 Å². The number of aliphatic imine (C=N–C) groups is 1. The molecule has 0 saturated carbocycles. The van der Waals surface area contributed by atoms with Gasteiger partial charge in [-0.3, -0.25) is 9.79 Å². The number of nitrogens with zero attached hydrogens (tertiary/aromatic N) is 2. The summed E-state index contributed by atoms with van der Waals surface area (Å²) in [5.74, 6) is -0.726. The molecule has 2 bridgehead atoms. The van der Waals surface area contributed by atoms with Crippen LogP contribution in [0.15, 0.2) is 16.4 Å². The zero-order valence-electron chi connectivity index (χ0n) is 30.4. The molecular weight excluding hydrogens is 613 g/mol. The van der Waals surface area contributed by atoms with Crippen molar-refractivity contribution in [2.75, 3.05) is 32.7 Å². The molecule has 4 rings (SSSR count). The van der Waals surface area contributed by atoms with E-state index < -0.39 is 29.2 Å². The molecule has 0 aromatic heterocycles. The molecule has 3 aliphatic heterocycles. The Morgan fingerprint density at radius 1 is 1.11 bits per heavy atom. The Hall–Kier alpha value is -1.26. The molecule has 4 aliphatic rings. The molecule has 10 heteroatoms. The average molecular weight is 682 g/mol. The van der Waals surface area contributed by atoms with Crippen LogP contribution < -0.4 is 27.4 Å². The molecule has 1 amide bonds. The molecule has 272 valence electrons. The smallest absolute Gasteiger partial charge is 0.232 e. The van der Waals surface area contributed by atoms with Crippen molar-refractivity contribution in [3.05, 3.63) is 11.4 Å². The number of fused-ring (bicyclic) bond motifs is 5. The van der Waals surface area contributed by atoms with Crippen molar-refractivity contribution in [2.24, 2.45) is 33.7 Å². The maximum absolute atomic E-state index is 15.5. The molecule has 6 unspecified atom stereocenters. The molecule has 0 radical (unpaired) electrons. The van der Waals surface area contributed by atoms with E-state index in [0.717, 1.165) is 115 Å². The van der Waals surface area contributed by atoms with Gasteiger partial charge in [-0.15, -0.1) is 11.6 Å². The van der Waals surface area contributed by atoms with Gasteiger partial charge in [-0.05, 0) is 63.2 Å². The van der Waals surface area contributed by atoms with Gasteiger partial charge < -0.3 is 32.3 Å². The molecular formula is C37H69ClFN7O. The summed E-state index contributed by atoms with van der Waals surface area (Å²) in [6.07, 6.45) is 14.9. The van der Waals surface area contributed by atoms with Crippen LogP contribution in [-0.4, -0.2) is 79.0 Å². The summed E-state index contributed by atoms with van der Waals surface area (Å²) in [4.78, 5) is 20.5. The third kappa shape index (κ3) is 11.1. The lowest BCUT2D eigenvalue weighted by atomic mass is 9.71. The summed E-state index contributed by atoms with van der Waals surface area (Å²) in [5, 5.41) is 10.5. The van der Waals surface area contributed by atoms with Crippen molar-refractivity contribution in [3.63, 3.8) is 0 Å². The van der Waals surface area contributed by atoms with Crippen LogP contribution >= 0.6 is 11.6 Å². The van der Waals surface area contributed by atoms with Crippen LogP contribution in [0, 0.1) is 17.3 Å². The Morgan fingerprint density at radius 3 is 2.38 bits per heavy atom. The van der Waals surface area contributed by atoms with Gasteiger partial charge in [0.25, 0.3) is 0 Å². The van der Waals surface area contributed by atoms with Gasteiger partial charge in [0, 0.05) is 38.9 Å². The number of rotatable bonds is 19. The highest BCUT2D eigenvalue weighted by Crippen LogP contribution is 2.43. The number of hydrogen-bond acceptors (Lipinski definition) is 7. The standard InChI is InChI=1S/C37H69ClFN7O/c1-6-10-17-36(16-8-3,18-11-7-2)20-15-29(39)25-43-27(5)30(34(40)41)35(47)45-32-31-28(9-4)14-12-13-19-37(38,26-44-31)33(32)46-23-21-42-22-24-46/h25,27-31,34,42,44H,6-24,26,40-41H2,1-5H3,(H,45,47). The highest BCUT2D eigenvalue weighted by atomic mass is 35.5. The van der Waals surface area contributed by atoms with E-state index in [9.17, 15) is 4.79 Å². The second kappa shape index (κ2) is 19.8. The van der Waals surface area contributed by atoms with Crippen molar-refractivity contribution in [3.8, 4) is 0 Å². The van der Waals surface area contributed by atoms with Crippen LogP contribution in [0.1, 0.15) is 131 Å². The molecule has 8 nitrogen and oxygen atoms in total. The molecule has 3 heterocycles. The minimum atomic E-state index is -1.17. The summed E-state index contributed by atoms with van der Waals surface area (Å²) >= 11 is 7.49. The molecule has 2 fully saturated rings. The number of unbranched alkanes of at least 4 members (excludes halogenated alkanes) is 2. The number of piperazine rings is 1. The second-order valence-electron chi connectivity index (χ2n) is 14.9. The maximum Gasteiger partial charge on any atom is 0.232 e. The van der Waals surface area contributed by atoms with Gasteiger partial charge >= 0.3 is 0 Å². The monoisotopic (exact) mass is 682 g/mol. The topological polar surface area (TPSA) is 121 Å². The number of nitrogens with one attached hydrogen (secondary N) is 3. The van der Waals surface area contributed by atoms with E-state index in [1.165, 1.54) is 19.1 Å². The Bertz CT molecular complexity index is 995. The molecule has 6 atom stereocenters. The Kier molecular flexibility index (Phi) is 16.9. The Labute approximate surface area is 291 Å². The van der Waals surface area contributed by atoms with Gasteiger partial charge in [0.05, 0.1) is 40.4 Å². The van der Waals surface area contributed by atoms with Crippen molar-refractivity contribution >= 4 is 23.7 Å². The van der Waals surface area contributed by atoms with E-state index in [0.29, 0.717) is 18.9 Å². The van der Waals surface area contributed by atoms with Crippen LogP contribution in [0.3, 0.4) is 0 Å². The number of hydrogen-bond donors (Lipinski definition) is 5. The van der Waals surface area contributed by atoms with Gasteiger partial charge in [-0.2, -0.15) is 0 Å². The van der Waals surface area contributed by atoms with Gasteiger partial charge in [0.1, 0.15) is 6.17 Å². The summed E-state index contributed by atoms with van der Waals surface area (Å²) in [5.41, 5.74) is 14.7. The third-order valence-corrected chi connectivity index (χ3v) is 11.8. The predicted octanol–water partition coefficient (Wildman–Crippen LogP) is 6.37. The average Bonchev–Trinajstić information content (AvgIpc) is 3.16. The van der Waals surface area contributed by atoms with Crippen LogP contribution in [0.25, 0.3) is 0 Å². The van der Waals surface area contributed by atoms with E-state index in [-0.39, 0.29) is 17.4 Å². The van der Waals surface area contributed by atoms with Crippen LogP contribution in [-0.2, 0) is 4.79 Å². The first-order chi connectivity index (χ1) is 22.5. The van der Waals surface area contributed by atoms with Gasteiger partial charge in [0.2, 0.25) is 5.91 Å². The van der Waals surface area contributed by atoms with Gasteiger partial charge in [-0.1, -0.05) is 79.1 Å². The minimum Gasteiger partial charge on any atom is -0.369 e. The molecule has 2 saturated heterocycles. The highest BCUT2D eigenvalue weighted by Gasteiger charge is 2.46. The minimum absolute atomic E-state index is 0.0220. The fourth-order valence-corrected chi connectivity index (χ4v) is 8.94. The zero-order valence-corrected chi connectivity index (χ0v) is 31.2. The summed E-state index contributed by atoms with van der Waals surface area (Å²) in [6, 6.07) is -0.600. The Balaban J connectivity index is 1.82. The van der Waals surface area contributed by atoms with Gasteiger partial charge in [-0.25, -0.2) is 4.39 Å². The molecule has 7 N–H and O–H groups in total. The lowest BCUT2D eigenvalue weighted by Gasteiger charge is -2.47. The number of carbonyl (C=O) groups is 1. The highest BCUT2D eigenvalue weighted by molar-refractivity contribution is 6.26. The van der Waals surface area contributed by atoms with E-state index in [1.54, 1.807) is 0 Å². The quantitative estimate of drug-likeness (QED) is 0.0614. The lowest BCUT2D eigenvalue weighted by Crippen LogP contribution is -2.61. The number of halogens is 2. The molecule has 0 spiro atoms. The second-order valence-corrected chi connectivity index (χ2v) is 15.6. The fraction of sp³-hybridized carbons (Fsp3) is 0.892. The number of nitrogens with two attached hydrogens (primary N) is 2. The largest absolute Gasteiger partial charge is 0.369 e. The van der Waals surface area contributed by atoms with Crippen LogP contribution in [0.5, 0.6) is 0 Å². The first kappa shape index (κ1) is 40.2. The van der Waals surface area contributed by atoms with Crippen molar-refractivity contribution < 1.29 is 9.18 Å². The zero-order chi connectivity index (χ0) is 34.5. The predicted molar refractivity (Wildman–Crippen MR) is 196 cm³/mol. The fourth-order valence-electron chi connectivity index (χ4n) is 8.51. The first-order valence-electron chi connectivity index (χ1n) is 19.2. The summed E-state index contributed by atoms with van der Waals surface area (Å²) in [7, 11) is 0. The van der Waals surface area contributed by atoms with Crippen LogP contribution in [0.2, 0.25) is 0 Å². The third-order valence-electron chi connectivity index (χ3n) is 11.2. The Morgan fingerprint density at radius 2 is 1.79 bits per heavy atom. The van der Waals surface area contributed by atoms with Crippen molar-refractivity contribution in [1.82, 2.24) is 20.9 Å². The molecule has 0 aromatic rings. The van der Waals surface area contributed by atoms with Gasteiger partial charge in [0.15, 0.2) is 0 Å². The molecule has 0 aromatic carbocycles. The number of alkyl halides is 2. The maximum atomic E-state index is 15.5. The van der Waals surface area contributed by atoms with E-state index >= 15 is 4.39 Å². The number of carbonyl (C=O) groups excluding carboxylic acids is 1. The molecule has 1 aliphatic carbocycles.